The summed E-state index contributed by atoms with van der Waals surface area (Å²) in [5.74, 6) is 0.646. The second-order valence-electron chi connectivity index (χ2n) is 14.4. The van der Waals surface area contributed by atoms with Crippen molar-refractivity contribution in [2.45, 2.75) is 96.8 Å². The highest BCUT2D eigenvalue weighted by Gasteiger charge is 2.50. The van der Waals surface area contributed by atoms with Gasteiger partial charge >= 0.3 is 11.9 Å². The number of carbonyl (C=O) groups excluding carboxylic acids is 2. The van der Waals surface area contributed by atoms with Gasteiger partial charge in [0.25, 0.3) is 0 Å². The van der Waals surface area contributed by atoms with E-state index in [1.807, 2.05) is 30.3 Å². The lowest BCUT2D eigenvalue weighted by Crippen LogP contribution is -2.54. The van der Waals surface area contributed by atoms with E-state index in [1.165, 1.54) is 6.42 Å². The summed E-state index contributed by atoms with van der Waals surface area (Å²) in [6, 6.07) is 16.6. The summed E-state index contributed by atoms with van der Waals surface area (Å²) in [7, 11) is 2.15. The summed E-state index contributed by atoms with van der Waals surface area (Å²) in [4.78, 5) is 30.1. The molecule has 8 heteroatoms. The van der Waals surface area contributed by atoms with Gasteiger partial charge in [0, 0.05) is 42.6 Å². The number of nitrogen functional groups attached to an aromatic ring is 1. The maximum atomic E-state index is 13.3. The van der Waals surface area contributed by atoms with E-state index in [2.05, 4.69) is 44.5 Å². The van der Waals surface area contributed by atoms with Crippen LogP contribution in [0.3, 0.4) is 0 Å². The van der Waals surface area contributed by atoms with Gasteiger partial charge < -0.3 is 25.2 Å². The zero-order valence-corrected chi connectivity index (χ0v) is 29.4. The van der Waals surface area contributed by atoms with Crippen LogP contribution in [0.25, 0.3) is 0 Å². The predicted molar refractivity (Wildman–Crippen MR) is 188 cm³/mol. The molecule has 5 rings (SSSR count). The molecule has 4 atom stereocenters. The largest absolute Gasteiger partial charge is 0.460 e. The number of hydrogen-bond donors (Lipinski definition) is 2. The average molecular weight is 650 g/mol. The summed E-state index contributed by atoms with van der Waals surface area (Å²) >= 11 is 0. The van der Waals surface area contributed by atoms with Crippen LogP contribution in [-0.4, -0.2) is 78.8 Å². The van der Waals surface area contributed by atoms with E-state index in [0.29, 0.717) is 41.2 Å². The Labute approximate surface area is 283 Å². The van der Waals surface area contributed by atoms with Crippen molar-refractivity contribution >= 4 is 17.6 Å². The Kier molecular flexibility index (Phi) is 13.7. The summed E-state index contributed by atoms with van der Waals surface area (Å²) < 4.78 is 11.6. The van der Waals surface area contributed by atoms with E-state index in [0.717, 1.165) is 71.1 Å². The molecule has 0 radical (unpaired) electrons. The van der Waals surface area contributed by atoms with Crippen molar-refractivity contribution in [1.82, 2.24) is 9.80 Å². The van der Waals surface area contributed by atoms with Gasteiger partial charge in [0.2, 0.25) is 0 Å². The van der Waals surface area contributed by atoms with Gasteiger partial charge in [0.15, 0.2) is 5.60 Å². The molecule has 2 bridgehead atoms. The van der Waals surface area contributed by atoms with Crippen molar-refractivity contribution in [3.8, 4) is 0 Å². The minimum atomic E-state index is -1.50. The van der Waals surface area contributed by atoms with Gasteiger partial charge in [-0.2, -0.15) is 0 Å². The standard InChI is InChI=1S/C22H31NO3.C17H28N2O2/c1-23-14-16-8-7-9-17(15-23)20(16)26-21(24)22(25,19-12-5-6-13-19)18-10-3-2-4-11-18;1-5-19(6-2)16(11-13(3)4)12-21-17(20)14-7-9-15(18)10-8-14/h2-4,10-11,16-17,19-20,25H,5-9,12-15H2,1H3;7-10,13,16H,5-6,11-12,18H2,1-4H3/t16?,17?,20?,22-;/m0./s1. The topological polar surface area (TPSA) is 105 Å². The van der Waals surface area contributed by atoms with Crippen LogP contribution in [-0.2, 0) is 19.9 Å². The molecular formula is C39H59N3O5. The number of piperidine rings is 1. The Morgan fingerprint density at radius 1 is 0.936 bits per heavy atom. The number of rotatable bonds is 12. The van der Waals surface area contributed by atoms with Crippen molar-refractivity contribution in [3.05, 3.63) is 65.7 Å². The number of hydrogen-bond acceptors (Lipinski definition) is 8. The third-order valence-corrected chi connectivity index (χ3v) is 10.5. The number of likely N-dealkylation sites (N-methyl/N-ethyl adjacent to an activating group) is 1. The number of aliphatic hydroxyl groups is 1. The Hall–Kier alpha value is -2.94. The molecule has 3 fully saturated rings. The van der Waals surface area contributed by atoms with Crippen molar-refractivity contribution in [3.63, 3.8) is 0 Å². The molecule has 0 aromatic heterocycles. The molecule has 260 valence electrons. The Balaban J connectivity index is 0.000000219. The van der Waals surface area contributed by atoms with Crippen molar-refractivity contribution in [2.24, 2.45) is 23.7 Å². The number of anilines is 1. The van der Waals surface area contributed by atoms with Crippen LogP contribution in [0.2, 0.25) is 0 Å². The Morgan fingerprint density at radius 2 is 1.53 bits per heavy atom. The number of carbonyl (C=O) groups is 2. The number of esters is 2. The molecule has 0 amide bonds. The van der Waals surface area contributed by atoms with Crippen LogP contribution < -0.4 is 5.73 Å². The monoisotopic (exact) mass is 649 g/mol. The maximum Gasteiger partial charge on any atom is 0.343 e. The van der Waals surface area contributed by atoms with Crippen LogP contribution >= 0.6 is 0 Å². The number of nitrogens with two attached hydrogens (primary N) is 1. The molecule has 2 aromatic rings. The fourth-order valence-electron chi connectivity index (χ4n) is 8.06. The summed E-state index contributed by atoms with van der Waals surface area (Å²) in [6.45, 7) is 13.0. The van der Waals surface area contributed by atoms with Crippen LogP contribution in [0.4, 0.5) is 5.69 Å². The fraction of sp³-hybridized carbons (Fsp3) is 0.641. The summed E-state index contributed by atoms with van der Waals surface area (Å²) in [5, 5.41) is 11.6. The van der Waals surface area contributed by atoms with Crippen LogP contribution in [0.5, 0.6) is 0 Å². The smallest absolute Gasteiger partial charge is 0.343 e. The fourth-order valence-corrected chi connectivity index (χ4v) is 8.06. The molecule has 0 spiro atoms. The first-order valence-electron chi connectivity index (χ1n) is 18.0. The lowest BCUT2D eigenvalue weighted by Gasteiger charge is -2.46. The molecule has 2 aliphatic carbocycles. The number of ether oxygens (including phenoxy) is 2. The Bertz CT molecular complexity index is 1230. The van der Waals surface area contributed by atoms with E-state index in [1.54, 1.807) is 24.3 Å². The van der Waals surface area contributed by atoms with Gasteiger partial charge in [-0.3, -0.25) is 4.90 Å². The third-order valence-electron chi connectivity index (χ3n) is 10.5. The molecule has 47 heavy (non-hydrogen) atoms. The molecule has 2 saturated carbocycles. The first kappa shape index (κ1) is 36.9. The minimum absolute atomic E-state index is 0.0379. The normalized spacial score (nSPS) is 23.4. The highest BCUT2D eigenvalue weighted by Crippen LogP contribution is 2.43. The maximum absolute atomic E-state index is 13.3. The first-order chi connectivity index (χ1) is 22.6. The number of fused-ring (bicyclic) bond motifs is 2. The molecule has 2 aromatic carbocycles. The van der Waals surface area contributed by atoms with Gasteiger partial charge in [0.1, 0.15) is 12.7 Å². The van der Waals surface area contributed by atoms with Crippen molar-refractivity contribution < 1.29 is 24.2 Å². The molecule has 3 aliphatic rings. The SMILES string of the molecule is CCN(CC)C(COC(=O)c1ccc(N)cc1)CC(C)C.CN1CC2CCCC(C1)C2OC(=O)[C@](O)(c1ccccc1)C1CCCC1. The van der Waals surface area contributed by atoms with E-state index in [-0.39, 0.29) is 24.0 Å². The zero-order valence-electron chi connectivity index (χ0n) is 29.4. The van der Waals surface area contributed by atoms with Gasteiger partial charge in [-0.15, -0.1) is 0 Å². The molecular weight excluding hydrogens is 590 g/mol. The summed E-state index contributed by atoms with van der Waals surface area (Å²) in [5.41, 5.74) is 6.00. The highest BCUT2D eigenvalue weighted by molar-refractivity contribution is 5.89. The third kappa shape index (κ3) is 9.58. The number of benzene rings is 2. The first-order valence-corrected chi connectivity index (χ1v) is 18.0. The van der Waals surface area contributed by atoms with Gasteiger partial charge in [-0.05, 0) is 88.0 Å². The van der Waals surface area contributed by atoms with Crippen molar-refractivity contribution in [2.75, 3.05) is 45.6 Å². The van der Waals surface area contributed by atoms with Crippen LogP contribution in [0.15, 0.2) is 54.6 Å². The quantitative estimate of drug-likeness (QED) is 0.198. The molecule has 1 heterocycles. The lowest BCUT2D eigenvalue weighted by atomic mass is 9.75. The predicted octanol–water partition coefficient (Wildman–Crippen LogP) is 6.52. The molecule has 1 aliphatic heterocycles. The zero-order chi connectivity index (χ0) is 34.0. The van der Waals surface area contributed by atoms with Gasteiger partial charge in [-0.25, -0.2) is 9.59 Å². The van der Waals surface area contributed by atoms with E-state index < -0.39 is 11.6 Å². The molecule has 3 unspecified atom stereocenters. The lowest BCUT2D eigenvalue weighted by molar-refractivity contribution is -0.191. The second-order valence-corrected chi connectivity index (χ2v) is 14.4. The molecule has 1 saturated heterocycles. The number of likely N-dealkylation sites (tertiary alicyclic amines) is 1. The van der Waals surface area contributed by atoms with Crippen molar-refractivity contribution in [1.29, 1.82) is 0 Å². The minimum Gasteiger partial charge on any atom is -0.460 e. The van der Waals surface area contributed by atoms with Gasteiger partial charge in [-0.1, -0.05) is 77.3 Å². The second kappa shape index (κ2) is 17.5. The highest BCUT2D eigenvalue weighted by atomic mass is 16.6. The van der Waals surface area contributed by atoms with Crippen LogP contribution in [0.1, 0.15) is 95.0 Å². The molecule has 3 N–H and O–H groups in total. The summed E-state index contributed by atoms with van der Waals surface area (Å²) in [6.07, 6.45) is 8.38. The molecule has 8 nitrogen and oxygen atoms in total. The van der Waals surface area contributed by atoms with Gasteiger partial charge in [0.05, 0.1) is 5.56 Å². The van der Waals surface area contributed by atoms with Crippen LogP contribution in [0, 0.1) is 23.7 Å². The number of nitrogens with zero attached hydrogens (tertiary/aromatic N) is 2. The van der Waals surface area contributed by atoms with E-state index in [9.17, 15) is 14.7 Å². The average Bonchev–Trinajstić information content (AvgIpc) is 3.61. The van der Waals surface area contributed by atoms with E-state index in [4.69, 9.17) is 15.2 Å². The Morgan fingerprint density at radius 3 is 2.09 bits per heavy atom. The van der Waals surface area contributed by atoms with E-state index >= 15 is 0 Å².